The summed E-state index contributed by atoms with van der Waals surface area (Å²) in [6, 6.07) is 2.63. The Morgan fingerprint density at radius 2 is 2.67 bits per heavy atom. The standard InChI is InChI=1S/C9H14N2O/c1-3-10-6-9(1)11-5-8-2-4-12-7-8/h2,4,7,9-11H,1,3,5-6H2/t9-/m0/s1. The van der Waals surface area contributed by atoms with Gasteiger partial charge in [0.05, 0.1) is 12.5 Å². The topological polar surface area (TPSA) is 37.2 Å². The van der Waals surface area contributed by atoms with Crippen molar-refractivity contribution in [1.29, 1.82) is 0 Å². The van der Waals surface area contributed by atoms with Gasteiger partial charge in [-0.3, -0.25) is 0 Å². The Balaban J connectivity index is 1.74. The summed E-state index contributed by atoms with van der Waals surface area (Å²) < 4.78 is 4.97. The largest absolute Gasteiger partial charge is 0.472 e. The minimum absolute atomic E-state index is 0.639. The van der Waals surface area contributed by atoms with Gasteiger partial charge in [-0.05, 0) is 19.0 Å². The lowest BCUT2D eigenvalue weighted by atomic mass is 10.2. The average molecular weight is 166 g/mol. The minimum atomic E-state index is 0.639. The fourth-order valence-electron chi connectivity index (χ4n) is 1.48. The van der Waals surface area contributed by atoms with Gasteiger partial charge >= 0.3 is 0 Å². The summed E-state index contributed by atoms with van der Waals surface area (Å²) in [7, 11) is 0. The molecule has 3 nitrogen and oxygen atoms in total. The van der Waals surface area contributed by atoms with Gasteiger partial charge in [-0.25, -0.2) is 0 Å². The van der Waals surface area contributed by atoms with E-state index in [1.165, 1.54) is 12.0 Å². The second-order valence-corrected chi connectivity index (χ2v) is 3.20. The normalized spacial score (nSPS) is 23.2. The molecule has 0 aliphatic carbocycles. The third kappa shape index (κ3) is 1.87. The Labute approximate surface area is 72.1 Å². The minimum Gasteiger partial charge on any atom is -0.472 e. The van der Waals surface area contributed by atoms with Gasteiger partial charge in [-0.15, -0.1) is 0 Å². The Bertz CT molecular complexity index is 214. The van der Waals surface area contributed by atoms with Crippen LogP contribution in [0.25, 0.3) is 0 Å². The molecule has 0 spiro atoms. The maximum absolute atomic E-state index is 4.97. The highest BCUT2D eigenvalue weighted by atomic mass is 16.3. The maximum atomic E-state index is 4.97. The van der Waals surface area contributed by atoms with Gasteiger partial charge in [0.25, 0.3) is 0 Å². The van der Waals surface area contributed by atoms with Crippen molar-refractivity contribution in [3.05, 3.63) is 24.2 Å². The average Bonchev–Trinajstić information content (AvgIpc) is 2.74. The van der Waals surface area contributed by atoms with Crippen molar-refractivity contribution in [2.24, 2.45) is 0 Å². The Morgan fingerprint density at radius 3 is 3.33 bits per heavy atom. The molecule has 1 aromatic heterocycles. The molecule has 1 saturated heterocycles. The van der Waals surface area contributed by atoms with Crippen molar-refractivity contribution >= 4 is 0 Å². The predicted octanol–water partition coefficient (Wildman–Crippen LogP) is 0.731. The van der Waals surface area contributed by atoms with Crippen LogP contribution in [-0.2, 0) is 6.54 Å². The lowest BCUT2D eigenvalue weighted by Gasteiger charge is -2.08. The molecular formula is C9H14N2O. The molecule has 0 radical (unpaired) electrons. The molecule has 2 rings (SSSR count). The molecule has 0 aromatic carbocycles. The summed E-state index contributed by atoms with van der Waals surface area (Å²) in [6.07, 6.45) is 4.73. The Hall–Kier alpha value is -0.800. The van der Waals surface area contributed by atoms with E-state index >= 15 is 0 Å². The number of hydrogen-bond donors (Lipinski definition) is 2. The van der Waals surface area contributed by atoms with Crippen LogP contribution in [0.4, 0.5) is 0 Å². The summed E-state index contributed by atoms with van der Waals surface area (Å²) in [5, 5.41) is 6.78. The van der Waals surface area contributed by atoms with Crippen molar-refractivity contribution in [3.8, 4) is 0 Å². The molecule has 0 amide bonds. The molecule has 12 heavy (non-hydrogen) atoms. The van der Waals surface area contributed by atoms with Crippen LogP contribution in [0.3, 0.4) is 0 Å². The molecule has 66 valence electrons. The molecular weight excluding hydrogens is 152 g/mol. The lowest BCUT2D eigenvalue weighted by molar-refractivity contribution is 0.533. The molecule has 1 atom stereocenters. The zero-order chi connectivity index (χ0) is 8.23. The molecule has 0 unspecified atom stereocenters. The van der Waals surface area contributed by atoms with Gasteiger partial charge in [0.15, 0.2) is 0 Å². The first kappa shape index (κ1) is 7.83. The molecule has 3 heteroatoms. The van der Waals surface area contributed by atoms with Gasteiger partial charge in [-0.2, -0.15) is 0 Å². The summed E-state index contributed by atoms with van der Waals surface area (Å²) in [4.78, 5) is 0. The molecule has 2 heterocycles. The Kier molecular flexibility index (Phi) is 2.44. The van der Waals surface area contributed by atoms with Gasteiger partial charge < -0.3 is 15.1 Å². The summed E-state index contributed by atoms with van der Waals surface area (Å²) in [5.74, 6) is 0. The number of rotatable bonds is 3. The van der Waals surface area contributed by atoms with Crippen LogP contribution in [-0.4, -0.2) is 19.1 Å². The summed E-state index contributed by atoms with van der Waals surface area (Å²) in [6.45, 7) is 3.16. The first-order chi connectivity index (χ1) is 5.95. The lowest BCUT2D eigenvalue weighted by Crippen LogP contribution is -2.30. The first-order valence-electron chi connectivity index (χ1n) is 4.40. The van der Waals surface area contributed by atoms with E-state index in [1.807, 2.05) is 6.07 Å². The highest BCUT2D eigenvalue weighted by Gasteiger charge is 2.12. The van der Waals surface area contributed by atoms with Crippen molar-refractivity contribution in [2.45, 2.75) is 19.0 Å². The molecule has 1 aromatic rings. The van der Waals surface area contributed by atoms with E-state index < -0.39 is 0 Å². The zero-order valence-electron chi connectivity index (χ0n) is 7.05. The van der Waals surface area contributed by atoms with E-state index in [1.54, 1.807) is 12.5 Å². The predicted molar refractivity (Wildman–Crippen MR) is 46.8 cm³/mol. The van der Waals surface area contributed by atoms with E-state index in [0.717, 1.165) is 19.6 Å². The van der Waals surface area contributed by atoms with Crippen LogP contribution >= 0.6 is 0 Å². The third-order valence-corrected chi connectivity index (χ3v) is 2.24. The van der Waals surface area contributed by atoms with Crippen LogP contribution in [0.1, 0.15) is 12.0 Å². The van der Waals surface area contributed by atoms with Crippen LogP contribution < -0.4 is 10.6 Å². The summed E-state index contributed by atoms with van der Waals surface area (Å²) >= 11 is 0. The zero-order valence-corrected chi connectivity index (χ0v) is 7.05. The molecule has 2 N–H and O–H groups in total. The van der Waals surface area contributed by atoms with E-state index in [-0.39, 0.29) is 0 Å². The second-order valence-electron chi connectivity index (χ2n) is 3.20. The maximum Gasteiger partial charge on any atom is 0.0947 e. The smallest absolute Gasteiger partial charge is 0.0947 e. The van der Waals surface area contributed by atoms with E-state index in [9.17, 15) is 0 Å². The fourth-order valence-corrected chi connectivity index (χ4v) is 1.48. The fraction of sp³-hybridized carbons (Fsp3) is 0.556. The molecule has 1 aliphatic heterocycles. The quantitative estimate of drug-likeness (QED) is 0.695. The highest BCUT2D eigenvalue weighted by molar-refractivity contribution is 5.04. The Morgan fingerprint density at radius 1 is 1.67 bits per heavy atom. The number of furan rings is 1. The molecule has 0 bridgehead atoms. The molecule has 1 fully saturated rings. The van der Waals surface area contributed by atoms with Crippen LogP contribution in [0.2, 0.25) is 0 Å². The highest BCUT2D eigenvalue weighted by Crippen LogP contribution is 2.02. The monoisotopic (exact) mass is 166 g/mol. The third-order valence-electron chi connectivity index (χ3n) is 2.24. The van der Waals surface area contributed by atoms with E-state index in [4.69, 9.17) is 4.42 Å². The SMILES string of the molecule is c1cc(CN[C@H]2CCNC2)co1. The second kappa shape index (κ2) is 3.74. The van der Waals surface area contributed by atoms with Crippen molar-refractivity contribution < 1.29 is 4.42 Å². The molecule has 1 aliphatic rings. The van der Waals surface area contributed by atoms with Crippen molar-refractivity contribution in [2.75, 3.05) is 13.1 Å². The van der Waals surface area contributed by atoms with Crippen molar-refractivity contribution in [1.82, 2.24) is 10.6 Å². The summed E-state index contributed by atoms with van der Waals surface area (Å²) in [5.41, 5.74) is 1.22. The van der Waals surface area contributed by atoms with Gasteiger partial charge in [0.1, 0.15) is 0 Å². The van der Waals surface area contributed by atoms with E-state index in [0.29, 0.717) is 6.04 Å². The van der Waals surface area contributed by atoms with Crippen LogP contribution in [0, 0.1) is 0 Å². The van der Waals surface area contributed by atoms with Gasteiger partial charge in [0.2, 0.25) is 0 Å². The van der Waals surface area contributed by atoms with Crippen LogP contribution in [0.15, 0.2) is 23.0 Å². The van der Waals surface area contributed by atoms with Crippen LogP contribution in [0.5, 0.6) is 0 Å². The van der Waals surface area contributed by atoms with Gasteiger partial charge in [0, 0.05) is 24.7 Å². The van der Waals surface area contributed by atoms with Gasteiger partial charge in [-0.1, -0.05) is 0 Å². The first-order valence-corrected chi connectivity index (χ1v) is 4.40. The van der Waals surface area contributed by atoms with E-state index in [2.05, 4.69) is 10.6 Å². The molecule has 0 saturated carbocycles. The van der Waals surface area contributed by atoms with Crippen molar-refractivity contribution in [3.63, 3.8) is 0 Å². The number of hydrogen-bond acceptors (Lipinski definition) is 3. The number of nitrogens with one attached hydrogen (secondary N) is 2.